The number of carbonyl (C=O) groups is 1. The van der Waals surface area contributed by atoms with Crippen LogP contribution in [0.2, 0.25) is 0 Å². The molecular formula is C21H21N3O3. The maximum Gasteiger partial charge on any atom is 0.261 e. The SMILES string of the molecule is CN1C(=O)[C@H](Cc2nc3ccccc3c(=O)n2CCCO)c2ccccc21. The molecule has 0 saturated carbocycles. The second-order valence-corrected chi connectivity index (χ2v) is 6.79. The Labute approximate surface area is 156 Å². The zero-order chi connectivity index (χ0) is 19.0. The quantitative estimate of drug-likeness (QED) is 0.753. The van der Waals surface area contributed by atoms with Crippen LogP contribution in [-0.2, 0) is 17.8 Å². The van der Waals surface area contributed by atoms with Crippen LogP contribution in [0.25, 0.3) is 10.9 Å². The summed E-state index contributed by atoms with van der Waals surface area (Å²) in [6.45, 7) is 0.369. The van der Waals surface area contributed by atoms with E-state index in [2.05, 4.69) is 0 Å². The van der Waals surface area contributed by atoms with Gasteiger partial charge in [0.15, 0.2) is 0 Å². The van der Waals surface area contributed by atoms with Crippen LogP contribution in [0, 0.1) is 0 Å². The predicted molar refractivity (Wildman–Crippen MR) is 104 cm³/mol. The number of anilines is 1. The molecule has 0 radical (unpaired) electrons. The number of fused-ring (bicyclic) bond motifs is 2. The lowest BCUT2D eigenvalue weighted by molar-refractivity contribution is -0.119. The highest BCUT2D eigenvalue weighted by molar-refractivity contribution is 6.04. The van der Waals surface area contributed by atoms with Gasteiger partial charge in [-0.3, -0.25) is 14.2 Å². The molecule has 3 aromatic rings. The van der Waals surface area contributed by atoms with E-state index in [-0.39, 0.29) is 24.0 Å². The number of aliphatic hydroxyl groups is 1. The number of carbonyl (C=O) groups excluding carboxylic acids is 1. The van der Waals surface area contributed by atoms with Crippen molar-refractivity contribution in [2.75, 3.05) is 18.6 Å². The number of aliphatic hydroxyl groups excluding tert-OH is 1. The largest absolute Gasteiger partial charge is 0.396 e. The van der Waals surface area contributed by atoms with Crippen molar-refractivity contribution in [1.82, 2.24) is 9.55 Å². The van der Waals surface area contributed by atoms with Crippen molar-refractivity contribution in [2.24, 2.45) is 0 Å². The second kappa shape index (κ2) is 6.96. The summed E-state index contributed by atoms with van der Waals surface area (Å²) in [6, 6.07) is 15.0. The van der Waals surface area contributed by atoms with Gasteiger partial charge >= 0.3 is 0 Å². The van der Waals surface area contributed by atoms with Crippen LogP contribution < -0.4 is 10.5 Å². The van der Waals surface area contributed by atoms with E-state index < -0.39 is 0 Å². The lowest BCUT2D eigenvalue weighted by Crippen LogP contribution is -2.30. The number of hydrogen-bond donors (Lipinski definition) is 1. The van der Waals surface area contributed by atoms with Crippen LogP contribution in [0.3, 0.4) is 0 Å². The molecule has 1 atom stereocenters. The van der Waals surface area contributed by atoms with Crippen LogP contribution in [-0.4, -0.2) is 34.2 Å². The first-order chi connectivity index (χ1) is 13.1. The van der Waals surface area contributed by atoms with Crippen molar-refractivity contribution in [1.29, 1.82) is 0 Å². The highest BCUT2D eigenvalue weighted by Gasteiger charge is 2.35. The van der Waals surface area contributed by atoms with Crippen LogP contribution >= 0.6 is 0 Å². The molecule has 4 rings (SSSR count). The third-order valence-electron chi connectivity index (χ3n) is 5.17. The minimum atomic E-state index is -0.361. The molecule has 2 aromatic carbocycles. The zero-order valence-corrected chi connectivity index (χ0v) is 15.1. The van der Waals surface area contributed by atoms with Gasteiger partial charge in [0.25, 0.3) is 5.56 Å². The summed E-state index contributed by atoms with van der Waals surface area (Å²) >= 11 is 0. The maximum absolute atomic E-state index is 13.0. The molecule has 0 aliphatic carbocycles. The molecule has 0 fully saturated rings. The third-order valence-corrected chi connectivity index (χ3v) is 5.17. The van der Waals surface area contributed by atoms with E-state index >= 15 is 0 Å². The molecule has 0 unspecified atom stereocenters. The molecule has 1 amide bonds. The van der Waals surface area contributed by atoms with Crippen molar-refractivity contribution in [3.8, 4) is 0 Å². The van der Waals surface area contributed by atoms with Crippen molar-refractivity contribution < 1.29 is 9.90 Å². The summed E-state index contributed by atoms with van der Waals surface area (Å²) in [6.07, 6.45) is 0.813. The first kappa shape index (κ1) is 17.4. The van der Waals surface area contributed by atoms with Gasteiger partial charge in [-0.15, -0.1) is 0 Å². The minimum absolute atomic E-state index is 0.00677. The van der Waals surface area contributed by atoms with Gasteiger partial charge in [0, 0.05) is 32.3 Å². The van der Waals surface area contributed by atoms with Gasteiger partial charge in [-0.2, -0.15) is 0 Å². The summed E-state index contributed by atoms with van der Waals surface area (Å²) in [5.41, 5.74) is 2.36. The molecule has 2 heterocycles. The van der Waals surface area contributed by atoms with Gasteiger partial charge in [-0.25, -0.2) is 4.98 Å². The first-order valence-corrected chi connectivity index (χ1v) is 9.07. The Balaban J connectivity index is 1.82. The topological polar surface area (TPSA) is 75.4 Å². The monoisotopic (exact) mass is 363 g/mol. The van der Waals surface area contributed by atoms with E-state index in [1.54, 1.807) is 22.6 Å². The van der Waals surface area contributed by atoms with Gasteiger partial charge in [0.1, 0.15) is 5.82 Å². The van der Waals surface area contributed by atoms with Crippen molar-refractivity contribution >= 4 is 22.5 Å². The second-order valence-electron chi connectivity index (χ2n) is 6.79. The Hall–Kier alpha value is -2.99. The maximum atomic E-state index is 13.0. The number of para-hydroxylation sites is 2. The van der Waals surface area contributed by atoms with E-state index in [1.165, 1.54) is 0 Å². The number of aromatic nitrogens is 2. The number of hydrogen-bond acceptors (Lipinski definition) is 4. The molecule has 6 heteroatoms. The molecule has 1 aliphatic heterocycles. The summed E-state index contributed by atoms with van der Waals surface area (Å²) in [7, 11) is 1.77. The van der Waals surface area contributed by atoms with Gasteiger partial charge in [-0.1, -0.05) is 30.3 Å². The van der Waals surface area contributed by atoms with Crippen LogP contribution in [0.4, 0.5) is 5.69 Å². The Morgan fingerprint density at radius 1 is 1.07 bits per heavy atom. The lowest BCUT2D eigenvalue weighted by atomic mass is 9.96. The molecule has 1 aliphatic rings. The highest BCUT2D eigenvalue weighted by atomic mass is 16.3. The third kappa shape index (κ3) is 2.92. The van der Waals surface area contributed by atoms with Crippen molar-refractivity contribution in [2.45, 2.75) is 25.3 Å². The summed E-state index contributed by atoms with van der Waals surface area (Å²) in [4.78, 5) is 32.1. The lowest BCUT2D eigenvalue weighted by Gasteiger charge is -2.16. The fourth-order valence-corrected chi connectivity index (χ4v) is 3.78. The van der Waals surface area contributed by atoms with Gasteiger partial charge in [-0.05, 0) is 30.2 Å². The summed E-state index contributed by atoms with van der Waals surface area (Å²) in [5.74, 6) is 0.225. The van der Waals surface area contributed by atoms with E-state index in [9.17, 15) is 14.7 Å². The van der Waals surface area contributed by atoms with E-state index in [1.807, 2.05) is 42.5 Å². The molecule has 27 heavy (non-hydrogen) atoms. The van der Waals surface area contributed by atoms with Gasteiger partial charge < -0.3 is 10.0 Å². The Morgan fingerprint density at radius 3 is 2.63 bits per heavy atom. The summed E-state index contributed by atoms with van der Waals surface area (Å²) in [5, 5.41) is 9.77. The number of likely N-dealkylation sites (N-methyl/N-ethyl adjacent to an activating group) is 1. The van der Waals surface area contributed by atoms with Crippen LogP contribution in [0.1, 0.15) is 23.7 Å². The Morgan fingerprint density at radius 2 is 1.81 bits per heavy atom. The van der Waals surface area contributed by atoms with Crippen LogP contribution in [0.15, 0.2) is 53.3 Å². The number of nitrogens with zero attached hydrogens (tertiary/aromatic N) is 3. The average Bonchev–Trinajstić information content (AvgIpc) is 2.93. The number of benzene rings is 2. The molecular weight excluding hydrogens is 342 g/mol. The smallest absolute Gasteiger partial charge is 0.261 e. The Bertz CT molecular complexity index is 1070. The molecule has 0 bridgehead atoms. The van der Waals surface area contributed by atoms with E-state index in [4.69, 9.17) is 4.98 Å². The highest BCUT2D eigenvalue weighted by Crippen LogP contribution is 2.37. The first-order valence-electron chi connectivity index (χ1n) is 9.07. The summed E-state index contributed by atoms with van der Waals surface area (Å²) < 4.78 is 1.60. The minimum Gasteiger partial charge on any atom is -0.396 e. The molecule has 138 valence electrons. The number of amides is 1. The van der Waals surface area contributed by atoms with Gasteiger partial charge in [0.05, 0.1) is 16.8 Å². The average molecular weight is 363 g/mol. The van der Waals surface area contributed by atoms with E-state index in [0.29, 0.717) is 36.1 Å². The van der Waals surface area contributed by atoms with Crippen molar-refractivity contribution in [3.63, 3.8) is 0 Å². The van der Waals surface area contributed by atoms with E-state index in [0.717, 1.165) is 11.3 Å². The Kier molecular flexibility index (Phi) is 4.49. The fraction of sp³-hybridized carbons (Fsp3) is 0.286. The predicted octanol–water partition coefficient (Wildman–Crippen LogP) is 2.08. The van der Waals surface area contributed by atoms with Gasteiger partial charge in [0.2, 0.25) is 5.91 Å². The normalized spacial score (nSPS) is 16.1. The molecule has 1 N–H and O–H groups in total. The fourth-order valence-electron chi connectivity index (χ4n) is 3.78. The van der Waals surface area contributed by atoms with Crippen LogP contribution in [0.5, 0.6) is 0 Å². The van der Waals surface area contributed by atoms with Crippen molar-refractivity contribution in [3.05, 3.63) is 70.3 Å². The molecule has 0 saturated heterocycles. The molecule has 1 aromatic heterocycles. The zero-order valence-electron chi connectivity index (χ0n) is 15.1. The number of rotatable bonds is 5. The molecule has 6 nitrogen and oxygen atoms in total. The standard InChI is InChI=1S/C21H21N3O3/c1-23-18-10-5-3-7-14(18)16(20(23)26)13-19-22-17-9-4-2-8-15(17)21(27)24(19)11-6-12-25/h2-5,7-10,16,25H,6,11-13H2,1H3/t16-/m1/s1. The molecule has 0 spiro atoms.